The largest absolute Gasteiger partial charge is 0.462 e. The Morgan fingerprint density at radius 3 is 2.55 bits per heavy atom. The van der Waals surface area contributed by atoms with Crippen LogP contribution >= 0.6 is 15.9 Å². The molecular formula is C19H16BrN3O6. The summed E-state index contributed by atoms with van der Waals surface area (Å²) < 4.78 is 16.0. The summed E-state index contributed by atoms with van der Waals surface area (Å²) in [6, 6.07) is 6.69. The molecule has 0 saturated carbocycles. The van der Waals surface area contributed by atoms with Gasteiger partial charge in [-0.3, -0.25) is 4.79 Å². The SMILES string of the molecule is CCOC(=O)C1=C(C(=O)OCC)C2(C(=O)Nc3ccc(Br)cc32)C(C#N)=C(N)O1. The Bertz CT molecular complexity index is 1040. The lowest BCUT2D eigenvalue weighted by molar-refractivity contribution is -0.146. The normalized spacial score (nSPS) is 20.0. The van der Waals surface area contributed by atoms with Crippen LogP contribution in [0.25, 0.3) is 0 Å². The quantitative estimate of drug-likeness (QED) is 0.645. The Hall–Kier alpha value is -3.32. The fourth-order valence-electron chi connectivity index (χ4n) is 3.39. The first-order valence-electron chi connectivity index (χ1n) is 8.61. The number of halogens is 1. The molecule has 29 heavy (non-hydrogen) atoms. The summed E-state index contributed by atoms with van der Waals surface area (Å²) in [6.45, 7) is 3.07. The van der Waals surface area contributed by atoms with Crippen LogP contribution in [-0.4, -0.2) is 31.1 Å². The predicted molar refractivity (Wildman–Crippen MR) is 103 cm³/mol. The Kier molecular flexibility index (Phi) is 5.35. The number of anilines is 1. The summed E-state index contributed by atoms with van der Waals surface area (Å²) in [4.78, 5) is 38.8. The van der Waals surface area contributed by atoms with Crippen LogP contribution in [0, 0.1) is 11.3 Å². The summed E-state index contributed by atoms with van der Waals surface area (Å²) in [6.07, 6.45) is 0. The maximum atomic E-state index is 13.3. The van der Waals surface area contributed by atoms with E-state index in [2.05, 4.69) is 21.2 Å². The number of ether oxygens (including phenoxy) is 3. The number of nitrogens with zero attached hydrogens (tertiary/aromatic N) is 1. The number of amides is 1. The highest BCUT2D eigenvalue weighted by Crippen LogP contribution is 2.52. The average molecular weight is 462 g/mol. The molecule has 1 spiro atoms. The Morgan fingerprint density at radius 1 is 1.28 bits per heavy atom. The second-order valence-electron chi connectivity index (χ2n) is 5.99. The molecule has 0 saturated heterocycles. The summed E-state index contributed by atoms with van der Waals surface area (Å²) in [5, 5.41) is 12.4. The minimum absolute atomic E-state index is 0.0160. The van der Waals surface area contributed by atoms with Crippen molar-refractivity contribution in [2.24, 2.45) is 5.73 Å². The molecule has 2 aliphatic rings. The molecular weight excluding hydrogens is 446 g/mol. The molecule has 1 unspecified atom stereocenters. The smallest absolute Gasteiger partial charge is 0.374 e. The van der Waals surface area contributed by atoms with Crippen molar-refractivity contribution >= 4 is 39.5 Å². The number of carbonyl (C=O) groups excluding carboxylic acids is 3. The highest BCUT2D eigenvalue weighted by molar-refractivity contribution is 9.10. The van der Waals surface area contributed by atoms with Gasteiger partial charge in [0.2, 0.25) is 17.5 Å². The van der Waals surface area contributed by atoms with Gasteiger partial charge < -0.3 is 25.3 Å². The number of nitrogens with one attached hydrogen (secondary N) is 1. The molecule has 0 radical (unpaired) electrons. The van der Waals surface area contributed by atoms with E-state index in [-0.39, 0.29) is 24.4 Å². The Morgan fingerprint density at radius 2 is 1.93 bits per heavy atom. The van der Waals surface area contributed by atoms with E-state index >= 15 is 0 Å². The van der Waals surface area contributed by atoms with E-state index in [9.17, 15) is 19.6 Å². The zero-order valence-corrected chi connectivity index (χ0v) is 17.1. The van der Waals surface area contributed by atoms with E-state index in [0.29, 0.717) is 10.2 Å². The molecule has 1 atom stereocenters. The van der Waals surface area contributed by atoms with Crippen LogP contribution < -0.4 is 11.1 Å². The van der Waals surface area contributed by atoms with E-state index in [1.807, 2.05) is 6.07 Å². The molecule has 1 aromatic carbocycles. The number of hydrogen-bond acceptors (Lipinski definition) is 8. The molecule has 3 N–H and O–H groups in total. The van der Waals surface area contributed by atoms with Crippen molar-refractivity contribution < 1.29 is 28.6 Å². The van der Waals surface area contributed by atoms with Gasteiger partial charge in [-0.15, -0.1) is 0 Å². The number of hydrogen-bond donors (Lipinski definition) is 2. The molecule has 2 aliphatic heterocycles. The van der Waals surface area contributed by atoms with Gasteiger partial charge in [-0.2, -0.15) is 5.26 Å². The van der Waals surface area contributed by atoms with Gasteiger partial charge in [0.15, 0.2) is 5.41 Å². The fourth-order valence-corrected chi connectivity index (χ4v) is 3.75. The van der Waals surface area contributed by atoms with Crippen LogP contribution in [0.4, 0.5) is 5.69 Å². The molecule has 0 aliphatic carbocycles. The number of carbonyl (C=O) groups is 3. The first-order valence-corrected chi connectivity index (χ1v) is 9.40. The molecule has 150 valence electrons. The number of nitriles is 1. The van der Waals surface area contributed by atoms with Gasteiger partial charge in [0.05, 0.1) is 13.2 Å². The Labute approximate surface area is 174 Å². The average Bonchev–Trinajstić information content (AvgIpc) is 2.94. The van der Waals surface area contributed by atoms with Crippen LogP contribution in [0.1, 0.15) is 19.4 Å². The minimum atomic E-state index is -2.02. The third-order valence-corrected chi connectivity index (χ3v) is 4.96. The minimum Gasteiger partial charge on any atom is -0.462 e. The molecule has 1 aromatic rings. The number of rotatable bonds is 4. The monoisotopic (exact) mass is 461 g/mol. The second kappa shape index (κ2) is 7.60. The third-order valence-electron chi connectivity index (χ3n) is 4.46. The standard InChI is InChI=1S/C19H16BrN3O6/c1-3-27-16(24)13-14(17(25)28-4-2)29-15(22)11(8-21)19(13)10-7-9(20)5-6-12(10)23-18(19)26/h5-7H,3-4,22H2,1-2H3,(H,23,26). The van der Waals surface area contributed by atoms with Gasteiger partial charge in [0.1, 0.15) is 17.2 Å². The van der Waals surface area contributed by atoms with Crippen molar-refractivity contribution in [2.45, 2.75) is 19.3 Å². The third kappa shape index (κ3) is 2.94. The zero-order valence-electron chi connectivity index (χ0n) is 15.5. The molecule has 0 fully saturated rings. The number of fused-ring (bicyclic) bond motifs is 2. The lowest BCUT2D eigenvalue weighted by Crippen LogP contribution is -2.47. The lowest BCUT2D eigenvalue weighted by Gasteiger charge is -2.33. The van der Waals surface area contributed by atoms with Crippen LogP contribution in [0.15, 0.2) is 45.5 Å². The number of esters is 2. The van der Waals surface area contributed by atoms with Gasteiger partial charge in [-0.25, -0.2) is 9.59 Å². The first-order chi connectivity index (χ1) is 13.8. The molecule has 10 heteroatoms. The highest BCUT2D eigenvalue weighted by atomic mass is 79.9. The molecule has 0 bridgehead atoms. The summed E-state index contributed by atoms with van der Waals surface area (Å²) >= 11 is 3.32. The van der Waals surface area contributed by atoms with E-state index in [4.69, 9.17) is 19.9 Å². The van der Waals surface area contributed by atoms with E-state index in [1.54, 1.807) is 32.0 Å². The van der Waals surface area contributed by atoms with Gasteiger partial charge in [-0.05, 0) is 32.0 Å². The summed E-state index contributed by atoms with van der Waals surface area (Å²) in [7, 11) is 0. The fraction of sp³-hybridized carbons (Fsp3) is 0.263. The molecule has 3 rings (SSSR count). The van der Waals surface area contributed by atoms with Crippen LogP contribution in [0.3, 0.4) is 0 Å². The lowest BCUT2D eigenvalue weighted by atomic mass is 9.68. The van der Waals surface area contributed by atoms with E-state index < -0.39 is 40.5 Å². The molecule has 0 aromatic heterocycles. The zero-order chi connectivity index (χ0) is 21.3. The molecule has 9 nitrogen and oxygen atoms in total. The van der Waals surface area contributed by atoms with Gasteiger partial charge in [-0.1, -0.05) is 15.9 Å². The number of benzene rings is 1. The highest BCUT2D eigenvalue weighted by Gasteiger charge is 2.61. The van der Waals surface area contributed by atoms with Crippen LogP contribution in [-0.2, 0) is 34.0 Å². The summed E-state index contributed by atoms with van der Waals surface area (Å²) in [5.41, 5.74) is 3.70. The number of nitrogens with two attached hydrogens (primary N) is 1. The van der Waals surface area contributed by atoms with Gasteiger partial charge in [0, 0.05) is 15.7 Å². The van der Waals surface area contributed by atoms with Crippen LogP contribution in [0.5, 0.6) is 0 Å². The van der Waals surface area contributed by atoms with Crippen LogP contribution in [0.2, 0.25) is 0 Å². The first kappa shape index (κ1) is 20.4. The molecule has 1 amide bonds. The van der Waals surface area contributed by atoms with Crippen molar-refractivity contribution in [2.75, 3.05) is 18.5 Å². The van der Waals surface area contributed by atoms with Crippen molar-refractivity contribution in [3.8, 4) is 6.07 Å². The predicted octanol–water partition coefficient (Wildman–Crippen LogP) is 1.74. The van der Waals surface area contributed by atoms with Gasteiger partial charge in [0.25, 0.3) is 0 Å². The topological polar surface area (TPSA) is 141 Å². The molecule has 2 heterocycles. The van der Waals surface area contributed by atoms with Crippen molar-refractivity contribution in [3.63, 3.8) is 0 Å². The maximum absolute atomic E-state index is 13.3. The van der Waals surface area contributed by atoms with Gasteiger partial charge >= 0.3 is 11.9 Å². The summed E-state index contributed by atoms with van der Waals surface area (Å²) in [5.74, 6) is -3.82. The van der Waals surface area contributed by atoms with Crippen molar-refractivity contribution in [1.29, 1.82) is 5.26 Å². The Balaban J connectivity index is 2.45. The second-order valence-corrected chi connectivity index (χ2v) is 6.91. The van der Waals surface area contributed by atoms with Crippen molar-refractivity contribution in [1.82, 2.24) is 0 Å². The van der Waals surface area contributed by atoms with E-state index in [0.717, 1.165) is 0 Å². The van der Waals surface area contributed by atoms with Crippen molar-refractivity contribution in [3.05, 3.63) is 51.0 Å². The maximum Gasteiger partial charge on any atom is 0.374 e. The van der Waals surface area contributed by atoms with E-state index in [1.165, 1.54) is 0 Å².